The Balaban J connectivity index is 2.86. The third-order valence-corrected chi connectivity index (χ3v) is 1.24. The molecule has 1 rings (SSSR count). The summed E-state index contributed by atoms with van der Waals surface area (Å²) in [6.45, 7) is 0. The molecule has 0 saturated carbocycles. The number of nitrogens with zero attached hydrogens (tertiary/aromatic N) is 2. The van der Waals surface area contributed by atoms with Gasteiger partial charge in [-0.2, -0.15) is 0 Å². The average molecular weight is 191 g/mol. The first kappa shape index (κ1) is 8.23. The van der Waals surface area contributed by atoms with E-state index in [0.29, 0.717) is 5.82 Å². The second-order valence-electron chi connectivity index (χ2n) is 1.63. The summed E-state index contributed by atoms with van der Waals surface area (Å²) in [6, 6.07) is 0. The Morgan fingerprint density at radius 2 is 2.36 bits per heavy atom. The molecular formula is C5H4Cl2N4. The molecule has 0 aliphatic carbocycles. The summed E-state index contributed by atoms with van der Waals surface area (Å²) in [5.74, 6) is 0.400. The molecule has 0 unspecified atom stereocenters. The van der Waals surface area contributed by atoms with Crippen molar-refractivity contribution in [1.82, 2.24) is 9.97 Å². The van der Waals surface area contributed by atoms with Gasteiger partial charge < -0.3 is 4.98 Å². The lowest BCUT2D eigenvalue weighted by Gasteiger charge is -1.88. The molecular weight excluding hydrogens is 187 g/mol. The first-order valence-electron chi connectivity index (χ1n) is 2.68. The molecule has 0 amide bonds. The van der Waals surface area contributed by atoms with Gasteiger partial charge in [0.25, 0.3) is 0 Å². The number of amidine groups is 1. The van der Waals surface area contributed by atoms with Crippen molar-refractivity contribution in [3.63, 3.8) is 0 Å². The Kier molecular flexibility index (Phi) is 2.62. The monoisotopic (exact) mass is 190 g/mol. The van der Waals surface area contributed by atoms with Gasteiger partial charge in [-0.05, 0) is 11.6 Å². The van der Waals surface area contributed by atoms with Crippen LogP contribution in [0.1, 0.15) is 5.82 Å². The van der Waals surface area contributed by atoms with E-state index >= 15 is 0 Å². The molecule has 1 aromatic rings. The molecule has 0 aliphatic rings. The molecule has 1 aromatic heterocycles. The molecule has 0 spiro atoms. The van der Waals surface area contributed by atoms with Crippen molar-refractivity contribution in [2.45, 2.75) is 0 Å². The van der Waals surface area contributed by atoms with E-state index in [9.17, 15) is 0 Å². The minimum absolute atomic E-state index is 0.0787. The van der Waals surface area contributed by atoms with Crippen molar-refractivity contribution in [2.24, 2.45) is 4.99 Å². The zero-order valence-corrected chi connectivity index (χ0v) is 6.82. The van der Waals surface area contributed by atoms with E-state index in [2.05, 4.69) is 15.0 Å². The van der Waals surface area contributed by atoms with Crippen molar-refractivity contribution >= 4 is 33.7 Å². The quantitative estimate of drug-likeness (QED) is 0.395. The second-order valence-corrected chi connectivity index (χ2v) is 2.35. The molecule has 58 valence electrons. The van der Waals surface area contributed by atoms with Gasteiger partial charge in [-0.25, -0.2) is 9.98 Å². The van der Waals surface area contributed by atoms with Gasteiger partial charge in [0.15, 0.2) is 11.0 Å². The maximum Gasteiger partial charge on any atom is 0.216 e. The lowest BCUT2D eigenvalue weighted by atomic mass is 10.7. The van der Waals surface area contributed by atoms with Gasteiger partial charge in [0.1, 0.15) is 0 Å². The Morgan fingerprint density at radius 1 is 1.64 bits per heavy atom. The average Bonchev–Trinajstić information content (AvgIpc) is 2.35. The molecule has 2 N–H and O–H groups in total. The van der Waals surface area contributed by atoms with Crippen LogP contribution in [0.25, 0.3) is 0 Å². The summed E-state index contributed by atoms with van der Waals surface area (Å²) < 4.78 is 0. The number of H-pyrrole nitrogens is 1. The summed E-state index contributed by atoms with van der Waals surface area (Å²) in [6.07, 6.45) is 3.14. The van der Waals surface area contributed by atoms with Crippen LogP contribution in [0.15, 0.2) is 17.4 Å². The van der Waals surface area contributed by atoms with Gasteiger partial charge in [-0.1, -0.05) is 11.6 Å². The summed E-state index contributed by atoms with van der Waals surface area (Å²) in [7, 11) is 0. The number of aliphatic imine (C=N–C) groups is 1. The van der Waals surface area contributed by atoms with Crippen molar-refractivity contribution in [3.8, 4) is 0 Å². The number of imidazole rings is 1. The van der Waals surface area contributed by atoms with E-state index in [1.807, 2.05) is 0 Å². The van der Waals surface area contributed by atoms with Crippen LogP contribution in [0.2, 0.25) is 0 Å². The Labute approximate surface area is 72.8 Å². The Bertz CT molecular complexity index is 277. The molecule has 0 aromatic carbocycles. The fourth-order valence-electron chi connectivity index (χ4n) is 0.517. The molecule has 6 heteroatoms. The maximum absolute atomic E-state index is 6.78. The number of halogens is 2. The zero-order valence-electron chi connectivity index (χ0n) is 5.31. The third-order valence-electron chi connectivity index (χ3n) is 0.890. The smallest absolute Gasteiger partial charge is 0.216 e. The lowest BCUT2D eigenvalue weighted by molar-refractivity contribution is 1.27. The molecule has 0 radical (unpaired) electrons. The third kappa shape index (κ3) is 2.32. The molecule has 0 aliphatic heterocycles. The summed E-state index contributed by atoms with van der Waals surface area (Å²) in [4.78, 5) is 9.97. The van der Waals surface area contributed by atoms with E-state index < -0.39 is 0 Å². The van der Waals surface area contributed by atoms with Crippen LogP contribution in [0.5, 0.6) is 0 Å². The highest BCUT2D eigenvalue weighted by atomic mass is 35.5. The van der Waals surface area contributed by atoms with E-state index in [1.54, 1.807) is 6.20 Å². The highest BCUT2D eigenvalue weighted by molar-refractivity contribution is 6.73. The molecule has 4 nitrogen and oxygen atoms in total. The number of hydrogen-bond acceptors (Lipinski definition) is 2. The predicted molar refractivity (Wildman–Crippen MR) is 44.6 cm³/mol. The normalized spacial score (nSPS) is 11.6. The molecule has 0 bridgehead atoms. The van der Waals surface area contributed by atoms with E-state index in [0.717, 1.165) is 0 Å². The van der Waals surface area contributed by atoms with Crippen molar-refractivity contribution in [2.75, 3.05) is 0 Å². The van der Waals surface area contributed by atoms with Crippen LogP contribution in [0.4, 0.5) is 0 Å². The van der Waals surface area contributed by atoms with Gasteiger partial charge in [-0.15, -0.1) is 0 Å². The zero-order chi connectivity index (χ0) is 8.27. The lowest BCUT2D eigenvalue weighted by Crippen LogP contribution is -1.95. The number of hydrogen-bond donors (Lipinski definition) is 2. The predicted octanol–water partition coefficient (Wildman–Crippen LogP) is 1.57. The fourth-order valence-corrected chi connectivity index (χ4v) is 0.833. The van der Waals surface area contributed by atoms with Crippen molar-refractivity contribution in [3.05, 3.63) is 18.2 Å². The molecule has 0 atom stereocenters. The van der Waals surface area contributed by atoms with E-state index in [-0.39, 0.29) is 10.5 Å². The van der Waals surface area contributed by atoms with Crippen molar-refractivity contribution in [1.29, 1.82) is 5.41 Å². The first-order chi connectivity index (χ1) is 5.20. The largest absolute Gasteiger partial charge is 0.343 e. The molecule has 0 saturated heterocycles. The van der Waals surface area contributed by atoms with E-state index in [4.69, 9.17) is 28.6 Å². The standard InChI is InChI=1S/C5H4Cl2N4/c6-3(11-5(7)8)4-9-1-2-10-4/h1-2,8H,(H,9,10)/b8-5?,11-3+. The Hall–Kier alpha value is -0.870. The summed E-state index contributed by atoms with van der Waals surface area (Å²) in [5, 5.41) is 6.49. The van der Waals surface area contributed by atoms with Crippen LogP contribution >= 0.6 is 23.2 Å². The van der Waals surface area contributed by atoms with Crippen LogP contribution in [0.3, 0.4) is 0 Å². The fraction of sp³-hybridized carbons (Fsp3) is 0. The highest BCUT2D eigenvalue weighted by Crippen LogP contribution is 1.99. The second kappa shape index (κ2) is 3.50. The topological polar surface area (TPSA) is 64.9 Å². The van der Waals surface area contributed by atoms with Crippen LogP contribution in [-0.2, 0) is 0 Å². The SMILES string of the molecule is N=C(Cl)/N=C(/Cl)c1ncc[nH]1. The van der Waals surface area contributed by atoms with Gasteiger partial charge in [-0.3, -0.25) is 5.41 Å². The minimum Gasteiger partial charge on any atom is -0.343 e. The minimum atomic E-state index is -0.369. The van der Waals surface area contributed by atoms with Crippen LogP contribution < -0.4 is 0 Å². The maximum atomic E-state index is 6.78. The van der Waals surface area contributed by atoms with E-state index in [1.165, 1.54) is 6.20 Å². The van der Waals surface area contributed by atoms with Gasteiger partial charge in [0.2, 0.25) is 5.29 Å². The van der Waals surface area contributed by atoms with Crippen LogP contribution in [0, 0.1) is 5.41 Å². The molecule has 1 heterocycles. The number of aromatic nitrogens is 2. The van der Waals surface area contributed by atoms with Crippen LogP contribution in [-0.4, -0.2) is 20.4 Å². The molecule has 11 heavy (non-hydrogen) atoms. The first-order valence-corrected chi connectivity index (χ1v) is 3.43. The van der Waals surface area contributed by atoms with Gasteiger partial charge in [0, 0.05) is 12.4 Å². The van der Waals surface area contributed by atoms with Gasteiger partial charge >= 0.3 is 0 Å². The number of aromatic amines is 1. The number of nitrogens with one attached hydrogen (secondary N) is 2. The highest BCUT2D eigenvalue weighted by Gasteiger charge is 2.01. The van der Waals surface area contributed by atoms with Crippen molar-refractivity contribution < 1.29 is 0 Å². The Morgan fingerprint density at radius 3 is 2.82 bits per heavy atom. The summed E-state index contributed by atoms with van der Waals surface area (Å²) in [5.41, 5.74) is 0. The summed E-state index contributed by atoms with van der Waals surface area (Å²) >= 11 is 10.7. The number of rotatable bonds is 1. The van der Waals surface area contributed by atoms with Gasteiger partial charge in [0.05, 0.1) is 0 Å². The molecule has 0 fully saturated rings.